The number of carbonyl (C=O) groups is 1. The van der Waals surface area contributed by atoms with Gasteiger partial charge in [-0.3, -0.25) is 4.68 Å². The van der Waals surface area contributed by atoms with E-state index in [0.29, 0.717) is 34.0 Å². The zero-order valence-corrected chi connectivity index (χ0v) is 17.8. The van der Waals surface area contributed by atoms with Crippen molar-refractivity contribution in [1.29, 1.82) is 0 Å². The Morgan fingerprint density at radius 1 is 1.16 bits per heavy atom. The van der Waals surface area contributed by atoms with Gasteiger partial charge in [0.05, 0.1) is 24.6 Å². The molecule has 0 aliphatic heterocycles. The molecule has 164 valence electrons. The predicted octanol–water partition coefficient (Wildman–Crippen LogP) is 4.47. The van der Waals surface area contributed by atoms with E-state index >= 15 is 0 Å². The molecule has 0 saturated heterocycles. The fraction of sp³-hybridized carbons (Fsp3) is 0.130. The van der Waals surface area contributed by atoms with E-state index in [-0.39, 0.29) is 5.88 Å². The maximum atomic E-state index is 11.8. The predicted molar refractivity (Wildman–Crippen MR) is 120 cm³/mol. The summed E-state index contributed by atoms with van der Waals surface area (Å²) in [4.78, 5) is 22.5. The van der Waals surface area contributed by atoms with Crippen molar-refractivity contribution in [2.24, 2.45) is 0 Å². The van der Waals surface area contributed by atoms with E-state index in [1.807, 2.05) is 24.3 Å². The Hall–Kier alpha value is -3.75. The number of hydrogen-bond donors (Lipinski definition) is 2. The molecule has 0 amide bonds. The zero-order valence-electron chi connectivity index (χ0n) is 17.1. The summed E-state index contributed by atoms with van der Waals surface area (Å²) in [6.45, 7) is 0.427. The smallest absolute Gasteiger partial charge is 0.342 e. The first-order valence-electron chi connectivity index (χ1n) is 9.65. The summed E-state index contributed by atoms with van der Waals surface area (Å²) < 4.78 is 7.03. The molecule has 9 heteroatoms. The van der Waals surface area contributed by atoms with Crippen molar-refractivity contribution in [3.8, 4) is 11.6 Å². The highest BCUT2D eigenvalue weighted by Crippen LogP contribution is 2.31. The van der Waals surface area contributed by atoms with Crippen LogP contribution in [0.5, 0.6) is 11.6 Å². The summed E-state index contributed by atoms with van der Waals surface area (Å²) in [6.07, 6.45) is -1.37. The molecule has 0 radical (unpaired) electrons. The standard InChI is InChI=1S/C23H20ClN3O5/c1-30-18-9-10-20-19(12-18)22(26-27(20)13-14-3-2-4-17(25)11-14)32-31-21(23(28)29)15-5-7-16(24)8-6-15/h2-12,21H,13,25H2,1H3,(H,28,29). The van der Waals surface area contributed by atoms with Gasteiger partial charge in [0, 0.05) is 10.7 Å². The zero-order chi connectivity index (χ0) is 22.7. The molecule has 0 aliphatic carbocycles. The van der Waals surface area contributed by atoms with E-state index in [9.17, 15) is 9.90 Å². The van der Waals surface area contributed by atoms with Crippen LogP contribution in [-0.2, 0) is 16.2 Å². The van der Waals surface area contributed by atoms with Gasteiger partial charge in [0.15, 0.2) is 0 Å². The molecule has 0 fully saturated rings. The molecule has 0 bridgehead atoms. The molecule has 1 unspecified atom stereocenters. The fourth-order valence-electron chi connectivity index (χ4n) is 3.27. The minimum atomic E-state index is -1.37. The number of aliphatic carboxylic acids is 1. The molecule has 0 spiro atoms. The molecule has 1 heterocycles. The van der Waals surface area contributed by atoms with Crippen LogP contribution < -0.4 is 15.4 Å². The first-order chi connectivity index (χ1) is 15.4. The second kappa shape index (κ2) is 9.17. The van der Waals surface area contributed by atoms with Crippen molar-refractivity contribution in [3.05, 3.63) is 82.9 Å². The molecular formula is C23H20ClN3O5. The second-order valence-corrected chi connectivity index (χ2v) is 7.48. The van der Waals surface area contributed by atoms with E-state index in [4.69, 9.17) is 31.8 Å². The van der Waals surface area contributed by atoms with Crippen molar-refractivity contribution in [2.45, 2.75) is 12.6 Å². The molecule has 3 N–H and O–H groups in total. The number of carboxylic acid groups (broad SMARTS) is 1. The van der Waals surface area contributed by atoms with Gasteiger partial charge < -0.3 is 20.5 Å². The number of methoxy groups -OCH3 is 1. The van der Waals surface area contributed by atoms with Crippen LogP contribution in [0, 0.1) is 0 Å². The Morgan fingerprint density at radius 2 is 1.94 bits per heavy atom. The van der Waals surface area contributed by atoms with Crippen LogP contribution in [0.1, 0.15) is 17.2 Å². The van der Waals surface area contributed by atoms with E-state index in [2.05, 4.69) is 5.10 Å². The van der Waals surface area contributed by atoms with Crippen LogP contribution in [0.2, 0.25) is 5.02 Å². The Bertz CT molecular complexity index is 1260. The highest BCUT2D eigenvalue weighted by atomic mass is 35.5. The Morgan fingerprint density at radius 3 is 2.62 bits per heavy atom. The number of aromatic nitrogens is 2. The topological polar surface area (TPSA) is 109 Å². The van der Waals surface area contributed by atoms with Crippen LogP contribution >= 0.6 is 11.6 Å². The van der Waals surface area contributed by atoms with Crippen LogP contribution in [-0.4, -0.2) is 28.0 Å². The van der Waals surface area contributed by atoms with E-state index in [1.165, 1.54) is 0 Å². The van der Waals surface area contributed by atoms with Gasteiger partial charge in [0.25, 0.3) is 5.88 Å². The lowest BCUT2D eigenvalue weighted by molar-refractivity contribution is -0.251. The Kier molecular flexibility index (Phi) is 6.16. The largest absolute Gasteiger partial charge is 0.497 e. The maximum Gasteiger partial charge on any atom is 0.342 e. The van der Waals surface area contributed by atoms with Crippen molar-refractivity contribution >= 4 is 34.2 Å². The van der Waals surface area contributed by atoms with E-state index < -0.39 is 12.1 Å². The summed E-state index contributed by atoms with van der Waals surface area (Å²) in [6, 6.07) is 19.1. The summed E-state index contributed by atoms with van der Waals surface area (Å²) in [5.41, 5.74) is 8.61. The number of nitrogen functional groups attached to an aromatic ring is 1. The van der Waals surface area contributed by atoms with Crippen LogP contribution in [0.3, 0.4) is 0 Å². The van der Waals surface area contributed by atoms with Gasteiger partial charge in [0.1, 0.15) is 5.75 Å². The normalized spacial score (nSPS) is 11.9. The molecule has 4 aromatic rings. The van der Waals surface area contributed by atoms with Gasteiger partial charge in [-0.05, 0) is 53.6 Å². The number of anilines is 1. The lowest BCUT2D eigenvalue weighted by atomic mass is 10.1. The lowest BCUT2D eigenvalue weighted by Crippen LogP contribution is -2.17. The maximum absolute atomic E-state index is 11.8. The monoisotopic (exact) mass is 453 g/mol. The number of rotatable bonds is 8. The Balaban J connectivity index is 1.66. The number of hydrogen-bond acceptors (Lipinski definition) is 6. The third-order valence-electron chi connectivity index (χ3n) is 4.83. The third-order valence-corrected chi connectivity index (χ3v) is 5.08. The number of nitrogens with zero attached hydrogens (tertiary/aromatic N) is 2. The van der Waals surface area contributed by atoms with Gasteiger partial charge >= 0.3 is 5.97 Å². The molecule has 3 aromatic carbocycles. The Labute approximate surface area is 188 Å². The van der Waals surface area contributed by atoms with E-state index in [1.54, 1.807) is 54.3 Å². The number of ether oxygens (including phenoxy) is 1. The number of fused-ring (bicyclic) bond motifs is 1. The molecular weight excluding hydrogens is 434 g/mol. The van der Waals surface area contributed by atoms with Crippen molar-refractivity contribution < 1.29 is 24.4 Å². The summed E-state index contributed by atoms with van der Waals surface area (Å²) in [5, 5.41) is 15.2. The molecule has 1 aromatic heterocycles. The summed E-state index contributed by atoms with van der Waals surface area (Å²) >= 11 is 5.89. The van der Waals surface area contributed by atoms with Gasteiger partial charge in [-0.1, -0.05) is 35.9 Å². The first kappa shape index (κ1) is 21.5. The second-order valence-electron chi connectivity index (χ2n) is 7.04. The van der Waals surface area contributed by atoms with Gasteiger partial charge in [-0.15, -0.1) is 5.10 Å². The molecule has 1 atom stereocenters. The minimum absolute atomic E-state index is 0.114. The lowest BCUT2D eigenvalue weighted by Gasteiger charge is -2.12. The fourth-order valence-corrected chi connectivity index (χ4v) is 3.40. The highest BCUT2D eigenvalue weighted by molar-refractivity contribution is 6.30. The number of carboxylic acids is 1. The number of halogens is 1. The number of nitrogens with two attached hydrogens (primary N) is 1. The quantitative estimate of drug-likeness (QED) is 0.230. The molecule has 8 nitrogen and oxygen atoms in total. The van der Waals surface area contributed by atoms with Gasteiger partial charge in [0.2, 0.25) is 6.10 Å². The van der Waals surface area contributed by atoms with Crippen molar-refractivity contribution in [1.82, 2.24) is 9.78 Å². The summed E-state index contributed by atoms with van der Waals surface area (Å²) in [7, 11) is 1.55. The third kappa shape index (κ3) is 4.61. The molecule has 32 heavy (non-hydrogen) atoms. The molecule has 4 rings (SSSR count). The van der Waals surface area contributed by atoms with Crippen molar-refractivity contribution in [2.75, 3.05) is 12.8 Å². The van der Waals surface area contributed by atoms with Gasteiger partial charge in [-0.2, -0.15) is 4.89 Å². The first-order valence-corrected chi connectivity index (χ1v) is 10.0. The highest BCUT2D eigenvalue weighted by Gasteiger charge is 2.24. The van der Waals surface area contributed by atoms with Crippen molar-refractivity contribution in [3.63, 3.8) is 0 Å². The SMILES string of the molecule is COc1ccc2c(c1)c(OOC(C(=O)O)c1ccc(Cl)cc1)nn2Cc1cccc(N)c1. The average molecular weight is 454 g/mol. The van der Waals surface area contributed by atoms with E-state index in [0.717, 1.165) is 11.1 Å². The summed E-state index contributed by atoms with van der Waals surface area (Å²) in [5.74, 6) is -0.505. The molecule has 0 saturated carbocycles. The van der Waals surface area contributed by atoms with Gasteiger partial charge in [-0.25, -0.2) is 4.79 Å². The van der Waals surface area contributed by atoms with Crippen LogP contribution in [0.25, 0.3) is 10.9 Å². The molecule has 0 aliphatic rings. The average Bonchev–Trinajstić information content (AvgIpc) is 3.11. The minimum Gasteiger partial charge on any atom is -0.497 e. The number of benzene rings is 3. The van der Waals surface area contributed by atoms with Crippen LogP contribution in [0.4, 0.5) is 5.69 Å². The van der Waals surface area contributed by atoms with Crippen LogP contribution in [0.15, 0.2) is 66.7 Å².